The first-order valence-corrected chi connectivity index (χ1v) is 6.83. The summed E-state index contributed by atoms with van der Waals surface area (Å²) in [6.07, 6.45) is -4.28. The van der Waals surface area contributed by atoms with Crippen LogP contribution in [-0.2, 0) is 6.18 Å². The number of rotatable bonds is 3. The first-order valence-electron chi connectivity index (χ1n) is 5.07. The third kappa shape index (κ3) is 3.23. The second-order valence-corrected chi connectivity index (χ2v) is 6.01. The van der Waals surface area contributed by atoms with Crippen molar-refractivity contribution in [2.45, 2.75) is 22.7 Å². The van der Waals surface area contributed by atoms with Gasteiger partial charge in [-0.15, -0.1) is 10.2 Å². The van der Waals surface area contributed by atoms with Crippen LogP contribution in [0.5, 0.6) is 0 Å². The van der Waals surface area contributed by atoms with Crippen molar-refractivity contribution in [2.24, 2.45) is 0 Å². The lowest BCUT2D eigenvalue weighted by Gasteiger charge is -2.11. The summed E-state index contributed by atoms with van der Waals surface area (Å²) in [5, 5.41) is 7.65. The Morgan fingerprint density at radius 1 is 1.22 bits per heavy atom. The van der Waals surface area contributed by atoms with Gasteiger partial charge in [-0.25, -0.2) is 0 Å². The molecular weight excluding hydrogens is 281 g/mol. The van der Waals surface area contributed by atoms with E-state index in [1.807, 2.05) is 6.92 Å². The Balaban J connectivity index is 2.10. The molecule has 0 bridgehead atoms. The summed E-state index contributed by atoms with van der Waals surface area (Å²) >= 11 is 2.89. The normalized spacial score (nSPS) is 13.6. The van der Waals surface area contributed by atoms with Gasteiger partial charge in [-0.2, -0.15) is 13.2 Å². The van der Waals surface area contributed by atoms with Crippen molar-refractivity contribution >= 4 is 23.1 Å². The molecule has 0 fully saturated rings. The third-order valence-corrected chi connectivity index (χ3v) is 4.29. The van der Waals surface area contributed by atoms with E-state index < -0.39 is 11.7 Å². The first-order chi connectivity index (χ1) is 8.47. The molecule has 0 amide bonds. The third-order valence-electron chi connectivity index (χ3n) is 2.33. The van der Waals surface area contributed by atoms with Gasteiger partial charge in [0.05, 0.1) is 5.56 Å². The van der Waals surface area contributed by atoms with Crippen LogP contribution in [0.3, 0.4) is 0 Å². The van der Waals surface area contributed by atoms with Crippen LogP contribution < -0.4 is 0 Å². The fourth-order valence-electron chi connectivity index (χ4n) is 1.38. The molecule has 1 aromatic carbocycles. The van der Waals surface area contributed by atoms with Crippen molar-refractivity contribution in [1.29, 1.82) is 0 Å². The molecule has 0 N–H and O–H groups in total. The SMILES string of the molecule is C[C@@H](Sc1nncs1)c1ccc(C(F)(F)F)cc1. The minimum absolute atomic E-state index is 0.0419. The molecule has 96 valence electrons. The van der Waals surface area contributed by atoms with Gasteiger partial charge >= 0.3 is 6.18 Å². The van der Waals surface area contributed by atoms with E-state index in [0.717, 1.165) is 22.0 Å². The topological polar surface area (TPSA) is 25.8 Å². The summed E-state index contributed by atoms with van der Waals surface area (Å²) in [6, 6.07) is 5.21. The van der Waals surface area contributed by atoms with Crippen molar-refractivity contribution in [3.05, 3.63) is 40.9 Å². The highest BCUT2D eigenvalue weighted by atomic mass is 32.2. The standard InChI is InChI=1S/C11H9F3N2S2/c1-7(18-10-16-15-6-17-10)8-2-4-9(5-3-8)11(12,13)14/h2-7H,1H3/t7-/m1/s1. The van der Waals surface area contributed by atoms with E-state index in [-0.39, 0.29) is 5.25 Å². The van der Waals surface area contributed by atoms with Gasteiger partial charge in [0.1, 0.15) is 5.51 Å². The minimum Gasteiger partial charge on any atom is -0.166 e. The molecule has 0 radical (unpaired) electrons. The molecule has 0 saturated heterocycles. The monoisotopic (exact) mass is 290 g/mol. The highest BCUT2D eigenvalue weighted by molar-refractivity contribution is 8.01. The largest absolute Gasteiger partial charge is 0.416 e. The molecule has 18 heavy (non-hydrogen) atoms. The van der Waals surface area contributed by atoms with Crippen LogP contribution >= 0.6 is 23.1 Å². The minimum atomic E-state index is -4.28. The Kier molecular flexibility index (Phi) is 3.91. The maximum atomic E-state index is 12.4. The number of benzene rings is 1. The number of halogens is 3. The molecule has 7 heteroatoms. The van der Waals surface area contributed by atoms with Crippen LogP contribution in [0, 0.1) is 0 Å². The summed E-state index contributed by atoms with van der Waals surface area (Å²) in [5.41, 5.74) is 1.84. The molecule has 0 unspecified atom stereocenters. The average Bonchev–Trinajstić information content (AvgIpc) is 2.81. The molecule has 0 aliphatic carbocycles. The van der Waals surface area contributed by atoms with Gasteiger partial charge in [-0.1, -0.05) is 35.2 Å². The molecule has 1 atom stereocenters. The molecule has 2 nitrogen and oxygen atoms in total. The maximum Gasteiger partial charge on any atom is 0.416 e. The molecule has 0 aliphatic rings. The van der Waals surface area contributed by atoms with Crippen molar-refractivity contribution in [2.75, 3.05) is 0 Å². The zero-order chi connectivity index (χ0) is 13.2. The quantitative estimate of drug-likeness (QED) is 0.783. The molecule has 0 aliphatic heterocycles. The van der Waals surface area contributed by atoms with E-state index in [1.165, 1.54) is 35.2 Å². The summed E-state index contributed by atoms with van der Waals surface area (Å²) in [6.45, 7) is 1.93. The highest BCUT2D eigenvalue weighted by Crippen LogP contribution is 2.36. The lowest BCUT2D eigenvalue weighted by molar-refractivity contribution is -0.137. The summed E-state index contributed by atoms with van der Waals surface area (Å²) in [5.74, 6) is 0. The molecule has 0 spiro atoms. The molecule has 2 aromatic rings. The Morgan fingerprint density at radius 2 is 1.89 bits per heavy atom. The van der Waals surface area contributed by atoms with Gasteiger partial charge < -0.3 is 0 Å². The zero-order valence-electron chi connectivity index (χ0n) is 9.31. The number of aromatic nitrogens is 2. The Hall–Kier alpha value is -1.08. The second kappa shape index (κ2) is 5.27. The Bertz CT molecular complexity index is 494. The van der Waals surface area contributed by atoms with Gasteiger partial charge in [-0.05, 0) is 24.6 Å². The van der Waals surface area contributed by atoms with Crippen molar-refractivity contribution in [3.8, 4) is 0 Å². The molecule has 2 rings (SSSR count). The van der Waals surface area contributed by atoms with E-state index in [1.54, 1.807) is 5.51 Å². The van der Waals surface area contributed by atoms with Crippen LogP contribution in [0.2, 0.25) is 0 Å². The number of hydrogen-bond donors (Lipinski definition) is 0. The predicted octanol–water partition coefficient (Wildman–Crippen LogP) is 4.41. The molecular formula is C11H9F3N2S2. The van der Waals surface area contributed by atoms with Crippen molar-refractivity contribution in [1.82, 2.24) is 10.2 Å². The van der Waals surface area contributed by atoms with E-state index in [4.69, 9.17) is 0 Å². The van der Waals surface area contributed by atoms with Gasteiger partial charge in [-0.3, -0.25) is 0 Å². The smallest absolute Gasteiger partial charge is 0.166 e. The predicted molar refractivity (Wildman–Crippen MR) is 65.6 cm³/mol. The second-order valence-electron chi connectivity index (χ2n) is 3.58. The summed E-state index contributed by atoms with van der Waals surface area (Å²) < 4.78 is 38.0. The van der Waals surface area contributed by atoms with E-state index in [0.29, 0.717) is 0 Å². The lowest BCUT2D eigenvalue weighted by atomic mass is 10.1. The number of hydrogen-bond acceptors (Lipinski definition) is 4. The molecule has 1 aromatic heterocycles. The van der Waals surface area contributed by atoms with Crippen molar-refractivity contribution < 1.29 is 13.2 Å². The van der Waals surface area contributed by atoms with E-state index in [9.17, 15) is 13.2 Å². The number of alkyl halides is 3. The van der Waals surface area contributed by atoms with Crippen LogP contribution in [0.25, 0.3) is 0 Å². The Labute approximate surface area is 110 Å². The lowest BCUT2D eigenvalue weighted by Crippen LogP contribution is -2.04. The van der Waals surface area contributed by atoms with Crippen LogP contribution in [0.15, 0.2) is 34.1 Å². The van der Waals surface area contributed by atoms with Crippen LogP contribution in [0.4, 0.5) is 13.2 Å². The van der Waals surface area contributed by atoms with Gasteiger partial charge in [0.25, 0.3) is 0 Å². The van der Waals surface area contributed by atoms with E-state index >= 15 is 0 Å². The van der Waals surface area contributed by atoms with E-state index in [2.05, 4.69) is 10.2 Å². The fourth-order valence-corrected chi connectivity index (χ4v) is 3.13. The zero-order valence-corrected chi connectivity index (χ0v) is 10.9. The maximum absolute atomic E-state index is 12.4. The Morgan fingerprint density at radius 3 is 2.39 bits per heavy atom. The molecule has 0 saturated carbocycles. The molecule has 1 heterocycles. The van der Waals surface area contributed by atoms with Gasteiger partial charge in [0.2, 0.25) is 0 Å². The number of nitrogens with zero attached hydrogens (tertiary/aromatic N) is 2. The highest BCUT2D eigenvalue weighted by Gasteiger charge is 2.30. The van der Waals surface area contributed by atoms with Crippen molar-refractivity contribution in [3.63, 3.8) is 0 Å². The number of thioether (sulfide) groups is 1. The van der Waals surface area contributed by atoms with Gasteiger partial charge in [0, 0.05) is 5.25 Å². The van der Waals surface area contributed by atoms with Crippen LogP contribution in [0.1, 0.15) is 23.3 Å². The van der Waals surface area contributed by atoms with Gasteiger partial charge in [0.15, 0.2) is 4.34 Å². The first kappa shape index (κ1) is 13.4. The summed E-state index contributed by atoms with van der Waals surface area (Å²) in [4.78, 5) is 0. The van der Waals surface area contributed by atoms with Crippen LogP contribution in [-0.4, -0.2) is 10.2 Å². The summed E-state index contributed by atoms with van der Waals surface area (Å²) in [7, 11) is 0. The fraction of sp³-hybridized carbons (Fsp3) is 0.273. The average molecular weight is 290 g/mol.